The van der Waals surface area contributed by atoms with Crippen LogP contribution in [0.15, 0.2) is 0 Å². The number of aliphatic carboxylic acids is 1. The number of carboxylic acid groups (broad SMARTS) is 1. The molecule has 86 valence electrons. The highest BCUT2D eigenvalue weighted by atomic mass is 16.4. The quantitative estimate of drug-likeness (QED) is 0.424. The third-order valence-corrected chi connectivity index (χ3v) is 1.56. The summed E-state index contributed by atoms with van der Waals surface area (Å²) < 4.78 is 0. The number of aromatic amines is 1. The minimum Gasteiger partial charge on any atom is -0.480 e. The van der Waals surface area contributed by atoms with Crippen LogP contribution in [-0.4, -0.2) is 49.6 Å². The van der Waals surface area contributed by atoms with Gasteiger partial charge in [0.15, 0.2) is 0 Å². The first-order valence-electron chi connectivity index (χ1n) is 4.06. The van der Waals surface area contributed by atoms with Crippen molar-refractivity contribution < 1.29 is 19.5 Å². The summed E-state index contributed by atoms with van der Waals surface area (Å²) in [5.41, 5.74) is 4.82. The maximum absolute atomic E-state index is 11.3. The molecule has 0 saturated carbocycles. The van der Waals surface area contributed by atoms with Gasteiger partial charge in [0, 0.05) is 0 Å². The Kier molecular flexibility index (Phi) is 3.48. The Morgan fingerprint density at radius 3 is 2.62 bits per heavy atom. The second-order valence-corrected chi connectivity index (χ2v) is 2.77. The monoisotopic (exact) mass is 228 g/mol. The fourth-order valence-corrected chi connectivity index (χ4v) is 0.882. The van der Waals surface area contributed by atoms with Crippen molar-refractivity contribution in [3.05, 3.63) is 5.82 Å². The van der Waals surface area contributed by atoms with E-state index in [1.54, 1.807) is 0 Å². The van der Waals surface area contributed by atoms with E-state index < -0.39 is 30.2 Å². The zero-order valence-corrected chi connectivity index (χ0v) is 7.88. The number of hydrogen-bond donors (Lipinski definition) is 4. The molecule has 0 aliphatic heterocycles. The van der Waals surface area contributed by atoms with Gasteiger partial charge in [-0.1, -0.05) is 0 Å². The first kappa shape index (κ1) is 11.6. The molecule has 0 aliphatic rings. The Balaban J connectivity index is 2.65. The first-order valence-corrected chi connectivity index (χ1v) is 4.06. The number of carbonyl (C=O) groups is 3. The summed E-state index contributed by atoms with van der Waals surface area (Å²) in [6, 6.07) is -1.41. The number of H-pyrrole nitrogens is 1. The number of carbonyl (C=O) groups excluding carboxylic acids is 2. The molecule has 2 amide bonds. The van der Waals surface area contributed by atoms with Crippen LogP contribution in [-0.2, 0) is 9.59 Å². The lowest BCUT2D eigenvalue weighted by atomic mass is 10.2. The summed E-state index contributed by atoms with van der Waals surface area (Å²) >= 11 is 0. The van der Waals surface area contributed by atoms with E-state index in [1.807, 2.05) is 10.5 Å². The van der Waals surface area contributed by atoms with E-state index in [0.717, 1.165) is 0 Å². The van der Waals surface area contributed by atoms with Gasteiger partial charge in [0.25, 0.3) is 11.7 Å². The Labute approximate surface area is 88.2 Å². The molecule has 10 nitrogen and oxygen atoms in total. The summed E-state index contributed by atoms with van der Waals surface area (Å²) in [5.74, 6) is -3.41. The van der Waals surface area contributed by atoms with Crippen molar-refractivity contribution in [1.29, 1.82) is 0 Å². The van der Waals surface area contributed by atoms with E-state index in [4.69, 9.17) is 10.8 Å². The Bertz CT molecular complexity index is 401. The zero-order chi connectivity index (χ0) is 12.1. The van der Waals surface area contributed by atoms with Crippen molar-refractivity contribution in [3.8, 4) is 0 Å². The van der Waals surface area contributed by atoms with E-state index in [1.165, 1.54) is 0 Å². The molecule has 0 fully saturated rings. The number of rotatable bonds is 5. The van der Waals surface area contributed by atoms with E-state index in [0.29, 0.717) is 0 Å². The van der Waals surface area contributed by atoms with Gasteiger partial charge in [-0.25, -0.2) is 4.79 Å². The molecule has 0 radical (unpaired) electrons. The third kappa shape index (κ3) is 3.01. The Morgan fingerprint density at radius 1 is 1.50 bits per heavy atom. The molecule has 0 spiro atoms. The van der Waals surface area contributed by atoms with Crippen LogP contribution in [0.25, 0.3) is 0 Å². The van der Waals surface area contributed by atoms with Crippen LogP contribution in [0, 0.1) is 0 Å². The van der Waals surface area contributed by atoms with Crippen molar-refractivity contribution in [1.82, 2.24) is 25.9 Å². The molecular formula is C6H8N6O4. The highest BCUT2D eigenvalue weighted by Crippen LogP contribution is 1.94. The normalized spacial score (nSPS) is 11.8. The molecule has 1 aromatic rings. The SMILES string of the molecule is NC(=O)C[C@H](NC(=O)c1nn[nH]n1)C(=O)O. The molecule has 16 heavy (non-hydrogen) atoms. The number of nitrogens with zero attached hydrogens (tertiary/aromatic N) is 3. The van der Waals surface area contributed by atoms with Crippen LogP contribution in [0.2, 0.25) is 0 Å². The molecule has 0 aromatic carbocycles. The van der Waals surface area contributed by atoms with Crippen LogP contribution in [0.5, 0.6) is 0 Å². The molecule has 1 atom stereocenters. The summed E-state index contributed by atoms with van der Waals surface area (Å²) in [6.45, 7) is 0. The average Bonchev–Trinajstić information content (AvgIpc) is 2.68. The molecule has 0 bridgehead atoms. The van der Waals surface area contributed by atoms with E-state index in [-0.39, 0.29) is 5.82 Å². The van der Waals surface area contributed by atoms with Gasteiger partial charge in [-0.2, -0.15) is 5.21 Å². The van der Waals surface area contributed by atoms with Gasteiger partial charge in [0.2, 0.25) is 5.91 Å². The molecular weight excluding hydrogens is 220 g/mol. The number of amides is 2. The van der Waals surface area contributed by atoms with Crippen LogP contribution in [0.4, 0.5) is 0 Å². The number of aromatic nitrogens is 4. The van der Waals surface area contributed by atoms with Crippen molar-refractivity contribution in [2.75, 3.05) is 0 Å². The third-order valence-electron chi connectivity index (χ3n) is 1.56. The van der Waals surface area contributed by atoms with Crippen molar-refractivity contribution in [2.24, 2.45) is 5.73 Å². The number of carboxylic acids is 1. The van der Waals surface area contributed by atoms with Crippen LogP contribution >= 0.6 is 0 Å². The molecule has 0 saturated heterocycles. The topological polar surface area (TPSA) is 164 Å². The minimum atomic E-state index is -1.41. The van der Waals surface area contributed by atoms with Crippen LogP contribution in [0.1, 0.15) is 17.0 Å². The Morgan fingerprint density at radius 2 is 2.19 bits per heavy atom. The second-order valence-electron chi connectivity index (χ2n) is 2.77. The smallest absolute Gasteiger partial charge is 0.326 e. The maximum Gasteiger partial charge on any atom is 0.326 e. The summed E-state index contributed by atoms with van der Waals surface area (Å²) in [5, 5.41) is 22.5. The molecule has 5 N–H and O–H groups in total. The van der Waals surface area contributed by atoms with Gasteiger partial charge in [-0.15, -0.1) is 10.2 Å². The first-order chi connectivity index (χ1) is 7.50. The number of hydrogen-bond acceptors (Lipinski definition) is 6. The standard InChI is InChI=1S/C6H8N6O4/c7-3(13)1-2(6(15)16)8-5(14)4-9-11-12-10-4/h2H,1H2,(H2,7,13)(H,8,14)(H,15,16)(H,9,10,11,12)/t2-/m0/s1. The van der Waals surface area contributed by atoms with Crippen molar-refractivity contribution >= 4 is 17.8 Å². The lowest BCUT2D eigenvalue weighted by molar-refractivity contribution is -0.140. The predicted octanol–water partition coefficient (Wildman–Crippen LogP) is -2.74. The zero-order valence-electron chi connectivity index (χ0n) is 7.88. The molecule has 1 aromatic heterocycles. The molecule has 0 aliphatic carbocycles. The van der Waals surface area contributed by atoms with E-state index in [2.05, 4.69) is 15.4 Å². The van der Waals surface area contributed by atoms with E-state index in [9.17, 15) is 14.4 Å². The molecule has 10 heteroatoms. The average molecular weight is 228 g/mol. The van der Waals surface area contributed by atoms with Crippen LogP contribution in [0.3, 0.4) is 0 Å². The van der Waals surface area contributed by atoms with Gasteiger partial charge in [-0.3, -0.25) is 9.59 Å². The number of tetrazole rings is 1. The Hall–Kier alpha value is -2.52. The molecule has 1 rings (SSSR count). The summed E-state index contributed by atoms with van der Waals surface area (Å²) in [6.07, 6.45) is -0.515. The molecule has 0 unspecified atom stereocenters. The number of nitrogens with one attached hydrogen (secondary N) is 2. The highest BCUT2D eigenvalue weighted by molar-refractivity contribution is 5.94. The van der Waals surface area contributed by atoms with Gasteiger partial charge < -0.3 is 16.2 Å². The van der Waals surface area contributed by atoms with Crippen molar-refractivity contribution in [3.63, 3.8) is 0 Å². The van der Waals surface area contributed by atoms with Gasteiger partial charge in [-0.05, 0) is 5.21 Å². The fraction of sp³-hybridized carbons (Fsp3) is 0.333. The van der Waals surface area contributed by atoms with Gasteiger partial charge in [0.1, 0.15) is 6.04 Å². The predicted molar refractivity (Wildman–Crippen MR) is 46.9 cm³/mol. The van der Waals surface area contributed by atoms with Gasteiger partial charge >= 0.3 is 5.97 Å². The highest BCUT2D eigenvalue weighted by Gasteiger charge is 2.24. The fourth-order valence-electron chi connectivity index (χ4n) is 0.882. The largest absolute Gasteiger partial charge is 0.480 e. The second kappa shape index (κ2) is 4.82. The van der Waals surface area contributed by atoms with Gasteiger partial charge in [0.05, 0.1) is 6.42 Å². The van der Waals surface area contributed by atoms with Crippen molar-refractivity contribution in [2.45, 2.75) is 12.5 Å². The van der Waals surface area contributed by atoms with E-state index >= 15 is 0 Å². The molecule has 1 heterocycles. The number of primary amides is 1. The lowest BCUT2D eigenvalue weighted by Gasteiger charge is -2.10. The summed E-state index contributed by atoms with van der Waals surface area (Å²) in [4.78, 5) is 32.5. The number of nitrogens with two attached hydrogens (primary N) is 1. The maximum atomic E-state index is 11.3. The van der Waals surface area contributed by atoms with Crippen LogP contribution < -0.4 is 11.1 Å². The lowest BCUT2D eigenvalue weighted by Crippen LogP contribution is -2.43. The minimum absolute atomic E-state index is 0.323. The summed E-state index contributed by atoms with van der Waals surface area (Å²) in [7, 11) is 0.